The van der Waals surface area contributed by atoms with Gasteiger partial charge in [0.1, 0.15) is 0 Å². The summed E-state index contributed by atoms with van der Waals surface area (Å²) in [6, 6.07) is 0.323. The second kappa shape index (κ2) is 7.70. The van der Waals surface area contributed by atoms with E-state index in [1.807, 2.05) is 0 Å². The van der Waals surface area contributed by atoms with Crippen LogP contribution in [-0.2, 0) is 9.53 Å². The number of ether oxygens (including phenoxy) is 1. The van der Waals surface area contributed by atoms with Crippen molar-refractivity contribution in [3.63, 3.8) is 0 Å². The minimum Gasteiger partial charge on any atom is -0.469 e. The summed E-state index contributed by atoms with van der Waals surface area (Å²) in [5.74, 6) is 0.744. The van der Waals surface area contributed by atoms with Crippen LogP contribution in [0.3, 0.4) is 0 Å². The maximum Gasteiger partial charge on any atom is 0.310 e. The van der Waals surface area contributed by atoms with E-state index in [4.69, 9.17) is 4.74 Å². The highest BCUT2D eigenvalue weighted by molar-refractivity contribution is 5.73. The number of nitrogens with one attached hydrogen (secondary N) is 1. The molecule has 3 nitrogen and oxygen atoms in total. The van der Waals surface area contributed by atoms with Gasteiger partial charge in [-0.05, 0) is 31.7 Å². The molecule has 1 aliphatic rings. The lowest BCUT2D eigenvalue weighted by atomic mass is 9.94. The monoisotopic (exact) mass is 241 g/mol. The van der Waals surface area contributed by atoms with Gasteiger partial charge in [0.05, 0.1) is 13.0 Å². The van der Waals surface area contributed by atoms with E-state index in [0.717, 1.165) is 25.8 Å². The predicted octanol–water partition coefficient (Wildman–Crippen LogP) is 2.74. The van der Waals surface area contributed by atoms with Gasteiger partial charge in [-0.3, -0.25) is 4.79 Å². The summed E-state index contributed by atoms with van der Waals surface area (Å²) < 4.78 is 4.92. The summed E-state index contributed by atoms with van der Waals surface area (Å²) in [6.45, 7) is 5.47. The number of esters is 1. The Morgan fingerprint density at radius 3 is 2.65 bits per heavy atom. The Bertz CT molecular complexity index is 228. The molecule has 0 unspecified atom stereocenters. The highest BCUT2D eigenvalue weighted by Gasteiger charge is 2.29. The molecule has 2 atom stereocenters. The second-order valence-electron chi connectivity index (χ2n) is 5.51. The van der Waals surface area contributed by atoms with Crippen molar-refractivity contribution in [2.45, 2.75) is 58.4 Å². The predicted molar refractivity (Wildman–Crippen MR) is 69.8 cm³/mol. The van der Waals surface area contributed by atoms with E-state index in [0.29, 0.717) is 12.0 Å². The van der Waals surface area contributed by atoms with Gasteiger partial charge in [0.15, 0.2) is 0 Å². The van der Waals surface area contributed by atoms with Crippen LogP contribution in [0, 0.1) is 11.8 Å². The average Bonchev–Trinajstić information content (AvgIpc) is 2.53. The molecule has 1 saturated carbocycles. The zero-order chi connectivity index (χ0) is 12.7. The van der Waals surface area contributed by atoms with Crippen LogP contribution in [0.5, 0.6) is 0 Å². The molecule has 0 aromatic rings. The number of carbonyl (C=O) groups is 1. The summed E-state index contributed by atoms with van der Waals surface area (Å²) in [7, 11) is 1.50. The topological polar surface area (TPSA) is 38.3 Å². The van der Waals surface area contributed by atoms with Crippen molar-refractivity contribution < 1.29 is 9.53 Å². The lowest BCUT2D eigenvalue weighted by Crippen LogP contribution is -2.40. The Balaban J connectivity index is 2.47. The molecular weight excluding hydrogens is 214 g/mol. The van der Waals surface area contributed by atoms with E-state index in [-0.39, 0.29) is 11.9 Å². The SMILES string of the molecule is COC(=O)[C@H]1CCCCC[C@H]1NCCC(C)C. The van der Waals surface area contributed by atoms with E-state index < -0.39 is 0 Å². The van der Waals surface area contributed by atoms with Crippen LogP contribution in [0.15, 0.2) is 0 Å². The largest absolute Gasteiger partial charge is 0.469 e. The van der Waals surface area contributed by atoms with Crippen molar-refractivity contribution in [1.82, 2.24) is 5.32 Å². The van der Waals surface area contributed by atoms with Crippen LogP contribution < -0.4 is 5.32 Å². The Morgan fingerprint density at radius 1 is 1.29 bits per heavy atom. The first-order valence-corrected chi connectivity index (χ1v) is 6.96. The molecule has 0 spiro atoms. The Kier molecular flexibility index (Phi) is 6.56. The van der Waals surface area contributed by atoms with Gasteiger partial charge in [-0.15, -0.1) is 0 Å². The van der Waals surface area contributed by atoms with Gasteiger partial charge >= 0.3 is 5.97 Å². The third kappa shape index (κ3) is 5.07. The van der Waals surface area contributed by atoms with Crippen molar-refractivity contribution in [3.8, 4) is 0 Å². The highest BCUT2D eigenvalue weighted by Crippen LogP contribution is 2.24. The molecule has 0 aromatic heterocycles. The van der Waals surface area contributed by atoms with Crippen LogP contribution >= 0.6 is 0 Å². The zero-order valence-corrected chi connectivity index (χ0v) is 11.5. The van der Waals surface area contributed by atoms with Gasteiger partial charge in [0.25, 0.3) is 0 Å². The molecule has 0 aliphatic heterocycles. The van der Waals surface area contributed by atoms with Gasteiger partial charge in [-0.2, -0.15) is 0 Å². The lowest BCUT2D eigenvalue weighted by molar-refractivity contribution is -0.146. The Labute approximate surface area is 105 Å². The smallest absolute Gasteiger partial charge is 0.310 e. The molecule has 1 N–H and O–H groups in total. The van der Waals surface area contributed by atoms with Gasteiger partial charge in [-0.1, -0.05) is 33.1 Å². The second-order valence-corrected chi connectivity index (χ2v) is 5.51. The molecule has 0 heterocycles. The fourth-order valence-electron chi connectivity index (χ4n) is 2.54. The molecule has 1 rings (SSSR count). The van der Waals surface area contributed by atoms with Gasteiger partial charge in [0, 0.05) is 6.04 Å². The Morgan fingerprint density at radius 2 is 2.00 bits per heavy atom. The molecule has 17 heavy (non-hydrogen) atoms. The first-order valence-electron chi connectivity index (χ1n) is 6.96. The number of carbonyl (C=O) groups excluding carboxylic acids is 1. The molecule has 1 fully saturated rings. The number of methoxy groups -OCH3 is 1. The lowest BCUT2D eigenvalue weighted by Gasteiger charge is -2.24. The maximum atomic E-state index is 11.8. The fourth-order valence-corrected chi connectivity index (χ4v) is 2.54. The van der Waals surface area contributed by atoms with Crippen molar-refractivity contribution in [1.29, 1.82) is 0 Å². The number of hydrogen-bond donors (Lipinski definition) is 1. The number of hydrogen-bond acceptors (Lipinski definition) is 3. The van der Waals surface area contributed by atoms with Crippen molar-refractivity contribution >= 4 is 5.97 Å². The molecule has 1 aliphatic carbocycles. The molecule has 0 aromatic carbocycles. The summed E-state index contributed by atoms with van der Waals surface area (Å²) >= 11 is 0. The minimum absolute atomic E-state index is 0.0334. The average molecular weight is 241 g/mol. The third-order valence-electron chi connectivity index (χ3n) is 3.65. The van der Waals surface area contributed by atoms with Crippen LogP contribution in [0.1, 0.15) is 52.4 Å². The van der Waals surface area contributed by atoms with Crippen LogP contribution in [0.25, 0.3) is 0 Å². The van der Waals surface area contributed by atoms with Crippen LogP contribution in [0.4, 0.5) is 0 Å². The van der Waals surface area contributed by atoms with Crippen molar-refractivity contribution in [3.05, 3.63) is 0 Å². The molecule has 0 amide bonds. The highest BCUT2D eigenvalue weighted by atomic mass is 16.5. The normalized spacial score (nSPS) is 25.6. The summed E-state index contributed by atoms with van der Waals surface area (Å²) in [4.78, 5) is 11.8. The number of rotatable bonds is 5. The summed E-state index contributed by atoms with van der Waals surface area (Å²) in [5.41, 5.74) is 0. The van der Waals surface area contributed by atoms with Crippen LogP contribution in [0.2, 0.25) is 0 Å². The van der Waals surface area contributed by atoms with Crippen molar-refractivity contribution in [2.24, 2.45) is 11.8 Å². The van der Waals surface area contributed by atoms with Gasteiger partial charge < -0.3 is 10.1 Å². The molecule has 0 bridgehead atoms. The van der Waals surface area contributed by atoms with Gasteiger partial charge in [0.2, 0.25) is 0 Å². The van der Waals surface area contributed by atoms with E-state index >= 15 is 0 Å². The van der Waals surface area contributed by atoms with E-state index in [1.54, 1.807) is 0 Å². The van der Waals surface area contributed by atoms with Crippen LogP contribution in [-0.4, -0.2) is 25.7 Å². The Hall–Kier alpha value is -0.570. The minimum atomic E-state index is -0.0334. The molecule has 0 saturated heterocycles. The molecule has 3 heteroatoms. The van der Waals surface area contributed by atoms with E-state index in [1.165, 1.54) is 26.4 Å². The first-order chi connectivity index (χ1) is 8.15. The van der Waals surface area contributed by atoms with Gasteiger partial charge in [-0.25, -0.2) is 0 Å². The third-order valence-corrected chi connectivity index (χ3v) is 3.65. The molecular formula is C14H27NO2. The maximum absolute atomic E-state index is 11.8. The molecule has 100 valence electrons. The van der Waals surface area contributed by atoms with E-state index in [2.05, 4.69) is 19.2 Å². The van der Waals surface area contributed by atoms with E-state index in [9.17, 15) is 4.79 Å². The zero-order valence-electron chi connectivity index (χ0n) is 11.5. The quantitative estimate of drug-likeness (QED) is 0.594. The molecule has 0 radical (unpaired) electrons. The fraction of sp³-hybridized carbons (Fsp3) is 0.929. The first kappa shape index (κ1) is 14.5. The standard InChI is InChI=1S/C14H27NO2/c1-11(2)9-10-15-13-8-6-4-5-7-12(13)14(16)17-3/h11-13,15H,4-10H2,1-3H3/t12-,13+/m0/s1. The summed E-state index contributed by atoms with van der Waals surface area (Å²) in [5, 5.41) is 3.56. The summed E-state index contributed by atoms with van der Waals surface area (Å²) in [6.07, 6.45) is 6.89. The van der Waals surface area contributed by atoms with Crippen molar-refractivity contribution in [2.75, 3.05) is 13.7 Å².